The minimum absolute atomic E-state index is 0.124. The highest BCUT2D eigenvalue weighted by Gasteiger charge is 2.30. The van der Waals surface area contributed by atoms with Crippen LogP contribution in [0.15, 0.2) is 0 Å². The van der Waals surface area contributed by atoms with Crippen LogP contribution in [0, 0.1) is 0 Å². The first-order valence-electron chi connectivity index (χ1n) is 6.47. The molecule has 0 bridgehead atoms. The van der Waals surface area contributed by atoms with E-state index in [1.165, 1.54) is 0 Å². The third kappa shape index (κ3) is 4.94. The van der Waals surface area contributed by atoms with E-state index in [-0.39, 0.29) is 18.2 Å². The number of amides is 1. The van der Waals surface area contributed by atoms with Crippen molar-refractivity contribution in [2.24, 2.45) is 0 Å². The molecule has 1 saturated heterocycles. The van der Waals surface area contributed by atoms with Gasteiger partial charge in [0.25, 0.3) is 0 Å². The van der Waals surface area contributed by atoms with Crippen LogP contribution in [0.3, 0.4) is 0 Å². The van der Waals surface area contributed by atoms with Crippen LogP contribution >= 0.6 is 0 Å². The number of piperidine rings is 1. The number of carbonyl (C=O) groups excluding carboxylic acids is 1. The van der Waals surface area contributed by atoms with Gasteiger partial charge in [0, 0.05) is 12.6 Å². The molecule has 4 heteroatoms. The summed E-state index contributed by atoms with van der Waals surface area (Å²) in [6, 6.07) is 0.124. The lowest BCUT2D eigenvalue weighted by Crippen LogP contribution is -2.47. The zero-order valence-corrected chi connectivity index (χ0v) is 11.4. The van der Waals surface area contributed by atoms with Crippen LogP contribution in [0.4, 0.5) is 4.79 Å². The number of nitrogens with zero attached hydrogens (tertiary/aromatic N) is 1. The largest absolute Gasteiger partial charge is 0.444 e. The van der Waals surface area contributed by atoms with Crippen LogP contribution in [0.1, 0.15) is 53.4 Å². The Kier molecular flexibility index (Phi) is 4.80. The Balaban J connectivity index is 2.61. The van der Waals surface area contributed by atoms with E-state index in [9.17, 15) is 9.90 Å². The van der Waals surface area contributed by atoms with Gasteiger partial charge < -0.3 is 14.7 Å². The molecule has 1 amide bonds. The average molecular weight is 243 g/mol. The number of hydrogen-bond acceptors (Lipinski definition) is 3. The molecule has 4 nitrogen and oxygen atoms in total. The molecular weight excluding hydrogens is 218 g/mol. The van der Waals surface area contributed by atoms with E-state index in [1.54, 1.807) is 11.8 Å². The Labute approximate surface area is 104 Å². The molecule has 0 aromatic heterocycles. The fourth-order valence-corrected chi connectivity index (χ4v) is 2.20. The molecule has 0 aliphatic carbocycles. The van der Waals surface area contributed by atoms with Crippen molar-refractivity contribution >= 4 is 6.09 Å². The predicted molar refractivity (Wildman–Crippen MR) is 66.9 cm³/mol. The third-order valence-electron chi connectivity index (χ3n) is 2.87. The summed E-state index contributed by atoms with van der Waals surface area (Å²) in [7, 11) is 0. The highest BCUT2D eigenvalue weighted by Crippen LogP contribution is 2.23. The van der Waals surface area contributed by atoms with Crippen LogP contribution in [0.25, 0.3) is 0 Å². The molecule has 1 heterocycles. The van der Waals surface area contributed by atoms with E-state index in [0.717, 1.165) is 25.8 Å². The molecule has 1 rings (SSSR count). The van der Waals surface area contributed by atoms with Gasteiger partial charge in [-0.15, -0.1) is 0 Å². The number of rotatable bonds is 2. The topological polar surface area (TPSA) is 49.8 Å². The molecule has 1 aliphatic rings. The lowest BCUT2D eigenvalue weighted by atomic mass is 9.98. The zero-order chi connectivity index (χ0) is 13.1. The minimum atomic E-state index is -0.454. The van der Waals surface area contributed by atoms with Crippen molar-refractivity contribution in [3.05, 3.63) is 0 Å². The van der Waals surface area contributed by atoms with Crippen molar-refractivity contribution in [1.29, 1.82) is 0 Å². The number of ether oxygens (including phenoxy) is 1. The molecule has 1 unspecified atom stereocenters. The van der Waals surface area contributed by atoms with Gasteiger partial charge in [0.2, 0.25) is 0 Å². The molecule has 1 fully saturated rings. The van der Waals surface area contributed by atoms with Gasteiger partial charge >= 0.3 is 6.09 Å². The standard InChI is InChI=1S/C13H25NO3/c1-10(15)9-11-7-5-6-8-14(11)12(16)17-13(2,3)4/h10-11,15H,5-9H2,1-4H3/t10-,11?/m1/s1. The first kappa shape index (κ1) is 14.3. The van der Waals surface area contributed by atoms with Crippen molar-refractivity contribution in [1.82, 2.24) is 4.90 Å². The van der Waals surface area contributed by atoms with Crippen LogP contribution in [0.2, 0.25) is 0 Å². The number of hydrogen-bond donors (Lipinski definition) is 1. The maximum atomic E-state index is 12.0. The van der Waals surface area contributed by atoms with E-state index in [1.807, 2.05) is 20.8 Å². The smallest absolute Gasteiger partial charge is 0.410 e. The summed E-state index contributed by atoms with van der Waals surface area (Å²) < 4.78 is 5.39. The second-order valence-electron chi connectivity index (χ2n) is 5.91. The lowest BCUT2D eigenvalue weighted by Gasteiger charge is -2.37. The van der Waals surface area contributed by atoms with Gasteiger partial charge in [0.1, 0.15) is 5.60 Å². The average Bonchev–Trinajstić information content (AvgIpc) is 2.14. The monoisotopic (exact) mass is 243 g/mol. The van der Waals surface area contributed by atoms with E-state index in [0.29, 0.717) is 6.42 Å². The van der Waals surface area contributed by atoms with Crippen LogP contribution in [-0.2, 0) is 4.74 Å². The van der Waals surface area contributed by atoms with Crippen molar-refractivity contribution < 1.29 is 14.6 Å². The Hall–Kier alpha value is -0.770. The number of likely N-dealkylation sites (tertiary alicyclic amines) is 1. The summed E-state index contributed by atoms with van der Waals surface area (Å²) in [5, 5.41) is 9.46. The van der Waals surface area contributed by atoms with E-state index >= 15 is 0 Å². The molecule has 0 aromatic carbocycles. The molecule has 1 N–H and O–H groups in total. The Morgan fingerprint density at radius 2 is 2.12 bits per heavy atom. The minimum Gasteiger partial charge on any atom is -0.444 e. The Morgan fingerprint density at radius 3 is 2.65 bits per heavy atom. The SMILES string of the molecule is C[C@@H](O)CC1CCCCN1C(=O)OC(C)(C)C. The summed E-state index contributed by atoms with van der Waals surface area (Å²) in [6.45, 7) is 8.13. The molecule has 0 aromatic rings. The normalized spacial score (nSPS) is 23.4. The lowest BCUT2D eigenvalue weighted by molar-refractivity contribution is 0.00360. The molecule has 0 saturated carbocycles. The Bertz CT molecular complexity index is 258. The van der Waals surface area contributed by atoms with Crippen molar-refractivity contribution in [3.8, 4) is 0 Å². The number of carbonyl (C=O) groups is 1. The summed E-state index contributed by atoms with van der Waals surface area (Å²) in [5.74, 6) is 0. The highest BCUT2D eigenvalue weighted by molar-refractivity contribution is 5.68. The first-order valence-corrected chi connectivity index (χ1v) is 6.47. The summed E-state index contributed by atoms with van der Waals surface area (Å²) in [4.78, 5) is 13.8. The molecule has 17 heavy (non-hydrogen) atoms. The van der Waals surface area contributed by atoms with E-state index in [4.69, 9.17) is 4.74 Å². The number of aliphatic hydroxyl groups is 1. The Morgan fingerprint density at radius 1 is 1.47 bits per heavy atom. The summed E-state index contributed by atoms with van der Waals surface area (Å²) in [5.41, 5.74) is -0.454. The van der Waals surface area contributed by atoms with Crippen molar-refractivity contribution in [3.63, 3.8) is 0 Å². The molecule has 2 atom stereocenters. The highest BCUT2D eigenvalue weighted by atomic mass is 16.6. The molecule has 100 valence electrons. The molecule has 0 spiro atoms. The second kappa shape index (κ2) is 5.71. The van der Waals surface area contributed by atoms with Gasteiger partial charge in [-0.1, -0.05) is 0 Å². The maximum Gasteiger partial charge on any atom is 0.410 e. The molecule has 1 aliphatic heterocycles. The van der Waals surface area contributed by atoms with Crippen LogP contribution in [0.5, 0.6) is 0 Å². The zero-order valence-electron chi connectivity index (χ0n) is 11.4. The van der Waals surface area contributed by atoms with Gasteiger partial charge in [-0.25, -0.2) is 4.79 Å². The van der Waals surface area contributed by atoms with Crippen molar-refractivity contribution in [2.45, 2.75) is 71.1 Å². The van der Waals surface area contributed by atoms with Gasteiger partial charge in [-0.05, 0) is 53.4 Å². The third-order valence-corrected chi connectivity index (χ3v) is 2.87. The summed E-state index contributed by atoms with van der Waals surface area (Å²) >= 11 is 0. The quantitative estimate of drug-likeness (QED) is 0.811. The first-order chi connectivity index (χ1) is 7.79. The van der Waals surface area contributed by atoms with Crippen LogP contribution in [-0.4, -0.2) is 40.4 Å². The molecule has 0 radical (unpaired) electrons. The van der Waals surface area contributed by atoms with E-state index < -0.39 is 5.60 Å². The van der Waals surface area contributed by atoms with Crippen molar-refractivity contribution in [2.75, 3.05) is 6.54 Å². The van der Waals surface area contributed by atoms with Gasteiger partial charge in [-0.3, -0.25) is 0 Å². The maximum absolute atomic E-state index is 12.0. The predicted octanol–water partition coefficient (Wildman–Crippen LogP) is 2.55. The second-order valence-corrected chi connectivity index (χ2v) is 5.91. The number of aliphatic hydroxyl groups excluding tert-OH is 1. The van der Waals surface area contributed by atoms with Gasteiger partial charge in [0.05, 0.1) is 6.10 Å². The van der Waals surface area contributed by atoms with Gasteiger partial charge in [0.15, 0.2) is 0 Å². The van der Waals surface area contributed by atoms with E-state index in [2.05, 4.69) is 0 Å². The summed E-state index contributed by atoms with van der Waals surface area (Å²) in [6.07, 6.45) is 3.13. The molecular formula is C13H25NO3. The fourth-order valence-electron chi connectivity index (χ4n) is 2.20. The van der Waals surface area contributed by atoms with Crippen LogP contribution < -0.4 is 0 Å². The van der Waals surface area contributed by atoms with Gasteiger partial charge in [-0.2, -0.15) is 0 Å². The fraction of sp³-hybridized carbons (Fsp3) is 0.923.